The number of nitrogens with zero attached hydrogens (tertiary/aromatic N) is 1. The summed E-state index contributed by atoms with van der Waals surface area (Å²) in [7, 11) is 1.22. The van der Waals surface area contributed by atoms with Gasteiger partial charge in [0.25, 0.3) is 7.82 Å². The molecule has 0 heterocycles. The minimum absolute atomic E-state index is 0.0124. The Kier molecular flexibility index (Phi) is 45.2. The number of nitrogens with one attached hydrogen (secondary N) is 1. The topological polar surface area (TPSA) is 108 Å². The van der Waals surface area contributed by atoms with Gasteiger partial charge in [0.1, 0.15) is 13.2 Å². The molecular weight excluding hydrogens is 840 g/mol. The Hall–Kier alpha value is -2.84. The summed E-state index contributed by atoms with van der Waals surface area (Å²) in [5, 5.41) is 13.8. The number of phosphoric acid groups is 1. The number of carbonyl (C=O) groups excluding carboxylic acids is 1. The Labute approximate surface area is 406 Å². The molecule has 0 fully saturated rings. The maximum absolute atomic E-state index is 12.9. The molecule has 3 atom stereocenters. The Bertz CT molecular complexity index is 1440. The van der Waals surface area contributed by atoms with Gasteiger partial charge in [0.15, 0.2) is 0 Å². The van der Waals surface area contributed by atoms with Crippen molar-refractivity contribution in [2.24, 2.45) is 0 Å². The summed E-state index contributed by atoms with van der Waals surface area (Å²) < 4.78 is 23.3. The van der Waals surface area contributed by atoms with Crippen LogP contribution in [0.4, 0.5) is 0 Å². The van der Waals surface area contributed by atoms with Crippen molar-refractivity contribution in [2.75, 3.05) is 40.9 Å². The largest absolute Gasteiger partial charge is 0.756 e. The van der Waals surface area contributed by atoms with Crippen LogP contribution in [0.2, 0.25) is 0 Å². The van der Waals surface area contributed by atoms with Gasteiger partial charge in [0.2, 0.25) is 5.91 Å². The maximum atomic E-state index is 12.9. The Balaban J connectivity index is 4.35. The molecule has 0 aromatic rings. The molecular formula is C57H99N2O6P. The van der Waals surface area contributed by atoms with Gasteiger partial charge in [-0.15, -0.1) is 0 Å². The van der Waals surface area contributed by atoms with E-state index in [9.17, 15) is 19.4 Å². The van der Waals surface area contributed by atoms with E-state index in [4.69, 9.17) is 9.05 Å². The van der Waals surface area contributed by atoms with Crippen molar-refractivity contribution in [3.8, 4) is 0 Å². The normalized spacial score (nSPS) is 15.0. The average Bonchev–Trinajstić information content (AvgIpc) is 3.28. The molecule has 0 spiro atoms. The average molecular weight is 939 g/mol. The maximum Gasteiger partial charge on any atom is 0.268 e. The molecule has 0 aliphatic rings. The monoisotopic (exact) mass is 939 g/mol. The molecule has 9 heteroatoms. The number of hydrogen-bond acceptors (Lipinski definition) is 6. The zero-order valence-electron chi connectivity index (χ0n) is 42.9. The van der Waals surface area contributed by atoms with E-state index in [1.807, 2.05) is 27.2 Å². The molecule has 0 saturated heterocycles. The highest BCUT2D eigenvalue weighted by Crippen LogP contribution is 2.38. The second-order valence-corrected chi connectivity index (χ2v) is 19.9. The molecule has 3 unspecified atom stereocenters. The fraction of sp³-hybridized carbons (Fsp3) is 0.667. The molecule has 1 amide bonds. The fourth-order valence-electron chi connectivity index (χ4n) is 6.87. The van der Waals surface area contributed by atoms with E-state index in [-0.39, 0.29) is 12.5 Å². The molecule has 0 bridgehead atoms. The van der Waals surface area contributed by atoms with Gasteiger partial charge in [-0.05, 0) is 83.5 Å². The zero-order valence-corrected chi connectivity index (χ0v) is 43.7. The van der Waals surface area contributed by atoms with Crippen LogP contribution in [-0.2, 0) is 18.4 Å². The molecule has 0 aromatic heterocycles. The van der Waals surface area contributed by atoms with E-state index in [1.165, 1.54) is 70.6 Å². The molecule has 2 N–H and O–H groups in total. The quantitative estimate of drug-likeness (QED) is 0.0272. The van der Waals surface area contributed by atoms with Crippen molar-refractivity contribution in [3.63, 3.8) is 0 Å². The third kappa shape index (κ3) is 49.1. The number of amides is 1. The summed E-state index contributed by atoms with van der Waals surface area (Å²) in [4.78, 5) is 25.4. The molecule has 0 radical (unpaired) electrons. The van der Waals surface area contributed by atoms with Crippen LogP contribution >= 0.6 is 7.82 Å². The first-order chi connectivity index (χ1) is 32.0. The Morgan fingerprint density at radius 3 is 1.35 bits per heavy atom. The Morgan fingerprint density at radius 2 is 0.924 bits per heavy atom. The van der Waals surface area contributed by atoms with Crippen molar-refractivity contribution in [3.05, 3.63) is 109 Å². The lowest BCUT2D eigenvalue weighted by Crippen LogP contribution is -2.45. The summed E-state index contributed by atoms with van der Waals surface area (Å²) in [5.41, 5.74) is 0. The summed E-state index contributed by atoms with van der Waals surface area (Å²) in [6.07, 6.45) is 68.6. The first-order valence-corrected chi connectivity index (χ1v) is 27.7. The standard InChI is InChI=1S/C57H99N2O6P/c1-6-8-10-12-14-16-18-20-22-23-24-25-26-27-28-29-30-31-32-33-34-35-37-39-41-43-45-47-49-51-57(61)58-55(54-65-66(62,63)64-53-52-59(3,4)5)56(60)50-48-46-44-42-40-38-36-21-19-17-15-13-11-9-7-2/h8,10,14,16,20,22,24-25,27-28,30-31,33-34,37,39,48,50,55-56,60H,6-7,9,11-13,15,17-19,21,23,26,29,32,35-36,38,40-47,49,51-54H2,1-5H3,(H-,58,61,62,63)/b10-8-,16-14-,22-20-,25-24-,28-27-,31-30-,34-33-,39-37-,50-48+. The summed E-state index contributed by atoms with van der Waals surface area (Å²) in [6, 6.07) is -0.908. The Morgan fingerprint density at radius 1 is 0.545 bits per heavy atom. The number of aliphatic hydroxyl groups is 1. The number of rotatable bonds is 46. The summed E-state index contributed by atoms with van der Waals surface area (Å²) in [5.74, 6) is -0.227. The lowest BCUT2D eigenvalue weighted by atomic mass is 10.0. The predicted molar refractivity (Wildman–Crippen MR) is 283 cm³/mol. The van der Waals surface area contributed by atoms with Gasteiger partial charge < -0.3 is 28.8 Å². The van der Waals surface area contributed by atoms with Gasteiger partial charge in [-0.3, -0.25) is 9.36 Å². The lowest BCUT2D eigenvalue weighted by Gasteiger charge is -2.29. The van der Waals surface area contributed by atoms with Crippen molar-refractivity contribution in [1.29, 1.82) is 0 Å². The highest BCUT2D eigenvalue weighted by Gasteiger charge is 2.23. The highest BCUT2D eigenvalue weighted by molar-refractivity contribution is 7.45. The third-order valence-corrected chi connectivity index (χ3v) is 12.0. The molecule has 0 aliphatic heterocycles. The van der Waals surface area contributed by atoms with E-state index in [2.05, 4.69) is 116 Å². The minimum atomic E-state index is -4.61. The fourth-order valence-corrected chi connectivity index (χ4v) is 7.60. The van der Waals surface area contributed by atoms with Crippen molar-refractivity contribution in [1.82, 2.24) is 5.32 Å². The van der Waals surface area contributed by atoms with Crippen molar-refractivity contribution >= 4 is 13.7 Å². The number of aliphatic hydroxyl groups excluding tert-OH is 1. The van der Waals surface area contributed by atoms with Crippen LogP contribution in [0.5, 0.6) is 0 Å². The second kappa shape index (κ2) is 47.2. The molecule has 378 valence electrons. The zero-order chi connectivity index (χ0) is 48.5. The number of unbranched alkanes of at least 4 members (excludes halogenated alkanes) is 17. The molecule has 0 rings (SSSR count). The first-order valence-electron chi connectivity index (χ1n) is 26.2. The highest BCUT2D eigenvalue weighted by atomic mass is 31.2. The van der Waals surface area contributed by atoms with E-state index in [0.717, 1.165) is 103 Å². The number of phosphoric ester groups is 1. The number of likely N-dealkylation sites (N-methyl/N-ethyl adjacent to an activating group) is 1. The SMILES string of the molecule is CC/C=C\C/C=C\C/C=C\C/C=C\C/C=C\C/C=C\C/C=C\C/C=C\CCCCCCC(=O)NC(COP(=O)([O-])OCC[N+](C)(C)C)C(O)/C=C/CCCCCCCCCCCCCCC. The van der Waals surface area contributed by atoms with Crippen LogP contribution in [0.25, 0.3) is 0 Å². The molecule has 0 saturated carbocycles. The van der Waals surface area contributed by atoms with Crippen molar-refractivity contribution in [2.45, 2.75) is 206 Å². The lowest BCUT2D eigenvalue weighted by molar-refractivity contribution is -0.870. The van der Waals surface area contributed by atoms with E-state index in [0.29, 0.717) is 17.4 Å². The molecule has 8 nitrogen and oxygen atoms in total. The van der Waals surface area contributed by atoms with Gasteiger partial charge in [-0.2, -0.15) is 0 Å². The van der Waals surface area contributed by atoms with E-state index < -0.39 is 26.6 Å². The summed E-state index contributed by atoms with van der Waals surface area (Å²) in [6.45, 7) is 4.49. The van der Waals surface area contributed by atoms with Gasteiger partial charge in [0, 0.05) is 6.42 Å². The predicted octanol–water partition coefficient (Wildman–Crippen LogP) is 15.0. The van der Waals surface area contributed by atoms with Crippen molar-refractivity contribution < 1.29 is 32.9 Å². The van der Waals surface area contributed by atoms with Crippen LogP contribution in [0, 0.1) is 0 Å². The number of allylic oxidation sites excluding steroid dienone is 17. The molecule has 0 aromatic carbocycles. The minimum Gasteiger partial charge on any atom is -0.756 e. The van der Waals surface area contributed by atoms with Gasteiger partial charge in [-0.25, -0.2) is 0 Å². The molecule has 66 heavy (non-hydrogen) atoms. The van der Waals surface area contributed by atoms with Gasteiger partial charge in [-0.1, -0.05) is 213 Å². The van der Waals surface area contributed by atoms with Crippen LogP contribution in [0.3, 0.4) is 0 Å². The third-order valence-electron chi connectivity index (χ3n) is 11.0. The smallest absolute Gasteiger partial charge is 0.268 e. The number of quaternary nitrogens is 1. The number of carbonyl (C=O) groups is 1. The van der Waals surface area contributed by atoms with Crippen LogP contribution in [-0.4, -0.2) is 68.5 Å². The van der Waals surface area contributed by atoms with E-state index in [1.54, 1.807) is 6.08 Å². The van der Waals surface area contributed by atoms with E-state index >= 15 is 0 Å². The second-order valence-electron chi connectivity index (χ2n) is 18.5. The summed E-state index contributed by atoms with van der Waals surface area (Å²) >= 11 is 0. The van der Waals surface area contributed by atoms with Gasteiger partial charge in [0.05, 0.1) is 39.9 Å². The van der Waals surface area contributed by atoms with Gasteiger partial charge >= 0.3 is 0 Å². The van der Waals surface area contributed by atoms with Crippen LogP contribution < -0.4 is 10.2 Å². The first kappa shape index (κ1) is 63.2. The van der Waals surface area contributed by atoms with Crippen LogP contribution in [0.1, 0.15) is 194 Å². The molecule has 0 aliphatic carbocycles. The number of hydrogen-bond donors (Lipinski definition) is 2. The van der Waals surface area contributed by atoms with Crippen LogP contribution in [0.15, 0.2) is 109 Å².